The highest BCUT2D eigenvalue weighted by Gasteiger charge is 2.28. The van der Waals surface area contributed by atoms with Gasteiger partial charge in [0.25, 0.3) is 5.91 Å². The highest BCUT2D eigenvalue weighted by Crippen LogP contribution is 2.21. The molecule has 0 bridgehead atoms. The summed E-state index contributed by atoms with van der Waals surface area (Å²) >= 11 is 0. The number of nitrogen functional groups attached to an aromatic ring is 1. The molecule has 2 rings (SSSR count). The molecule has 0 aromatic carbocycles. The summed E-state index contributed by atoms with van der Waals surface area (Å²) in [4.78, 5) is 14.5. The van der Waals surface area contributed by atoms with Gasteiger partial charge in [-0.15, -0.1) is 0 Å². The van der Waals surface area contributed by atoms with Gasteiger partial charge in [-0.1, -0.05) is 0 Å². The van der Waals surface area contributed by atoms with Crippen molar-refractivity contribution in [2.75, 3.05) is 25.4 Å². The predicted octanol–water partition coefficient (Wildman–Crippen LogP) is 1.43. The summed E-state index contributed by atoms with van der Waals surface area (Å²) < 4.78 is 7.31. The molecule has 1 aromatic heterocycles. The molecule has 1 aromatic rings. The molecule has 0 atom stereocenters. The van der Waals surface area contributed by atoms with Gasteiger partial charge in [0.2, 0.25) is 0 Å². The maximum atomic E-state index is 12.6. The van der Waals surface area contributed by atoms with Crippen molar-refractivity contribution in [2.45, 2.75) is 46.3 Å². The third kappa shape index (κ3) is 2.80. The number of hydrogen-bond acceptors (Lipinski definition) is 4. The van der Waals surface area contributed by atoms with Crippen molar-refractivity contribution in [1.29, 1.82) is 0 Å². The van der Waals surface area contributed by atoms with Crippen LogP contribution in [0.15, 0.2) is 0 Å². The minimum absolute atomic E-state index is 0.0140. The number of aromatic nitrogens is 2. The average molecular weight is 280 g/mol. The highest BCUT2D eigenvalue weighted by molar-refractivity contribution is 5.98. The number of carbonyl (C=O) groups is 1. The van der Waals surface area contributed by atoms with Crippen LogP contribution in [0.2, 0.25) is 0 Å². The fourth-order valence-electron chi connectivity index (χ4n) is 2.66. The first-order chi connectivity index (χ1) is 9.58. The molecule has 1 aliphatic rings. The topological polar surface area (TPSA) is 73.4 Å². The van der Waals surface area contributed by atoms with Gasteiger partial charge in [0.15, 0.2) is 0 Å². The van der Waals surface area contributed by atoms with Crippen LogP contribution in [0.4, 0.5) is 5.69 Å². The fourth-order valence-corrected chi connectivity index (χ4v) is 2.66. The zero-order valence-electron chi connectivity index (χ0n) is 12.6. The van der Waals surface area contributed by atoms with Gasteiger partial charge in [0.05, 0.1) is 17.5 Å². The summed E-state index contributed by atoms with van der Waals surface area (Å²) in [6.07, 6.45) is 2.05. The quantitative estimate of drug-likeness (QED) is 0.905. The van der Waals surface area contributed by atoms with Gasteiger partial charge in [0.1, 0.15) is 5.69 Å². The van der Waals surface area contributed by atoms with Crippen molar-refractivity contribution in [2.24, 2.45) is 0 Å². The lowest BCUT2D eigenvalue weighted by Crippen LogP contribution is -2.41. The van der Waals surface area contributed by atoms with Gasteiger partial charge in [-0.05, 0) is 33.6 Å². The monoisotopic (exact) mass is 280 g/mol. The molecule has 1 amide bonds. The first-order valence-electron chi connectivity index (χ1n) is 7.32. The molecular formula is C14H24N4O2. The molecule has 2 heterocycles. The molecule has 6 nitrogen and oxygen atoms in total. The van der Waals surface area contributed by atoms with Crippen LogP contribution in [-0.2, 0) is 11.3 Å². The Morgan fingerprint density at radius 3 is 2.60 bits per heavy atom. The summed E-state index contributed by atoms with van der Waals surface area (Å²) in [6, 6.07) is 0. The van der Waals surface area contributed by atoms with Gasteiger partial charge < -0.3 is 15.4 Å². The Balaban J connectivity index is 2.09. The molecular weight excluding hydrogens is 256 g/mol. The average Bonchev–Trinajstić information content (AvgIpc) is 2.75. The highest BCUT2D eigenvalue weighted by atomic mass is 16.5. The summed E-state index contributed by atoms with van der Waals surface area (Å²) in [7, 11) is 0. The van der Waals surface area contributed by atoms with Crippen LogP contribution in [0.1, 0.15) is 42.9 Å². The Hall–Kier alpha value is -1.56. The lowest BCUT2D eigenvalue weighted by atomic mass is 10.1. The van der Waals surface area contributed by atoms with E-state index in [0.29, 0.717) is 17.9 Å². The molecule has 1 fully saturated rings. The second-order valence-corrected chi connectivity index (χ2v) is 5.11. The Morgan fingerprint density at radius 2 is 2.05 bits per heavy atom. The Bertz CT molecular complexity index is 476. The van der Waals surface area contributed by atoms with E-state index in [1.165, 1.54) is 0 Å². The van der Waals surface area contributed by atoms with E-state index in [4.69, 9.17) is 10.5 Å². The molecule has 0 radical (unpaired) electrons. The van der Waals surface area contributed by atoms with E-state index in [9.17, 15) is 4.79 Å². The maximum Gasteiger partial charge on any atom is 0.274 e. The summed E-state index contributed by atoms with van der Waals surface area (Å²) in [6.45, 7) is 8.61. The maximum absolute atomic E-state index is 12.6. The number of piperidine rings is 1. The van der Waals surface area contributed by atoms with Crippen molar-refractivity contribution in [3.05, 3.63) is 11.4 Å². The number of likely N-dealkylation sites (tertiary alicyclic amines) is 1. The molecule has 0 spiro atoms. The van der Waals surface area contributed by atoms with E-state index in [1.807, 2.05) is 25.7 Å². The van der Waals surface area contributed by atoms with Gasteiger partial charge in [-0.2, -0.15) is 5.10 Å². The summed E-state index contributed by atoms with van der Waals surface area (Å²) in [5, 5.41) is 4.31. The molecule has 6 heteroatoms. The number of anilines is 1. The van der Waals surface area contributed by atoms with Crippen LogP contribution in [0.25, 0.3) is 0 Å². The number of aryl methyl sites for hydroxylation is 2. The van der Waals surface area contributed by atoms with Crippen LogP contribution in [0, 0.1) is 6.92 Å². The van der Waals surface area contributed by atoms with E-state index in [2.05, 4.69) is 5.10 Å². The molecule has 0 aliphatic carbocycles. The van der Waals surface area contributed by atoms with Crippen molar-refractivity contribution >= 4 is 11.6 Å². The largest absolute Gasteiger partial charge is 0.395 e. The SMILES string of the molecule is CCOC1CCN(C(=O)c2c(N)c(C)nn2CC)CC1. The van der Waals surface area contributed by atoms with Crippen LogP contribution >= 0.6 is 0 Å². The van der Waals surface area contributed by atoms with Crippen molar-refractivity contribution in [3.63, 3.8) is 0 Å². The Kier molecular flexibility index (Phi) is 4.65. The number of amides is 1. The number of nitrogens with zero attached hydrogens (tertiary/aromatic N) is 3. The Morgan fingerprint density at radius 1 is 1.40 bits per heavy atom. The number of carbonyl (C=O) groups excluding carboxylic acids is 1. The summed E-state index contributed by atoms with van der Waals surface area (Å²) in [5.74, 6) is -0.0140. The van der Waals surface area contributed by atoms with Crippen molar-refractivity contribution < 1.29 is 9.53 Å². The van der Waals surface area contributed by atoms with Crippen LogP contribution in [-0.4, -0.2) is 46.4 Å². The minimum atomic E-state index is -0.0140. The van der Waals surface area contributed by atoms with E-state index in [-0.39, 0.29) is 12.0 Å². The van der Waals surface area contributed by atoms with Crippen LogP contribution < -0.4 is 5.73 Å². The first kappa shape index (κ1) is 14.8. The van der Waals surface area contributed by atoms with Gasteiger partial charge in [0, 0.05) is 26.2 Å². The van der Waals surface area contributed by atoms with Crippen molar-refractivity contribution in [1.82, 2.24) is 14.7 Å². The lowest BCUT2D eigenvalue weighted by Gasteiger charge is -2.31. The second-order valence-electron chi connectivity index (χ2n) is 5.11. The Labute approximate surface area is 119 Å². The number of hydrogen-bond donors (Lipinski definition) is 1. The number of ether oxygens (including phenoxy) is 1. The zero-order valence-corrected chi connectivity index (χ0v) is 12.6. The molecule has 2 N–H and O–H groups in total. The molecule has 0 saturated carbocycles. The molecule has 1 saturated heterocycles. The third-order valence-electron chi connectivity index (χ3n) is 3.81. The minimum Gasteiger partial charge on any atom is -0.395 e. The molecule has 20 heavy (non-hydrogen) atoms. The van der Waals surface area contributed by atoms with E-state index >= 15 is 0 Å². The summed E-state index contributed by atoms with van der Waals surface area (Å²) in [5.41, 5.74) is 7.76. The molecule has 0 unspecified atom stereocenters. The molecule has 112 valence electrons. The second kappa shape index (κ2) is 6.26. The fraction of sp³-hybridized carbons (Fsp3) is 0.714. The van der Waals surface area contributed by atoms with E-state index in [0.717, 1.165) is 38.2 Å². The van der Waals surface area contributed by atoms with Crippen LogP contribution in [0.3, 0.4) is 0 Å². The van der Waals surface area contributed by atoms with Gasteiger partial charge in [-0.3, -0.25) is 9.48 Å². The van der Waals surface area contributed by atoms with E-state index in [1.54, 1.807) is 4.68 Å². The zero-order chi connectivity index (χ0) is 14.7. The normalized spacial score (nSPS) is 16.6. The smallest absolute Gasteiger partial charge is 0.274 e. The first-order valence-corrected chi connectivity index (χ1v) is 7.32. The number of rotatable bonds is 4. The van der Waals surface area contributed by atoms with Gasteiger partial charge in [-0.25, -0.2) is 0 Å². The predicted molar refractivity (Wildman–Crippen MR) is 77.6 cm³/mol. The molecule has 1 aliphatic heterocycles. The van der Waals surface area contributed by atoms with E-state index < -0.39 is 0 Å². The number of nitrogens with two attached hydrogens (primary N) is 1. The van der Waals surface area contributed by atoms with Crippen molar-refractivity contribution in [3.8, 4) is 0 Å². The standard InChI is InChI=1S/C14H24N4O2/c1-4-18-13(12(15)10(3)16-18)14(19)17-8-6-11(7-9-17)20-5-2/h11H,4-9,15H2,1-3H3. The van der Waals surface area contributed by atoms with Gasteiger partial charge >= 0.3 is 0 Å². The third-order valence-corrected chi connectivity index (χ3v) is 3.81. The van der Waals surface area contributed by atoms with Crippen LogP contribution in [0.5, 0.6) is 0 Å². The lowest BCUT2D eigenvalue weighted by molar-refractivity contribution is 0.0143.